The van der Waals surface area contributed by atoms with Crippen LogP contribution in [0.1, 0.15) is 52.0 Å². The number of hydrogen-bond acceptors (Lipinski definition) is 3. The Kier molecular flexibility index (Phi) is 8.90. The molecular weight excluding hydrogens is 304 g/mol. The standard InChI is InChI=1S/C19H30N2O3/c1-19(2,3)24-18(23)21-14-9-5-8-12-17(22)20-15-13-16-10-6-4-7-11-16/h4,6-7,10-11H,5,8-9,12-15H2,1-3H3,(H,20,22)(H,21,23). The van der Waals surface area contributed by atoms with Gasteiger partial charge >= 0.3 is 6.09 Å². The van der Waals surface area contributed by atoms with Crippen LogP contribution in [-0.2, 0) is 16.0 Å². The molecule has 2 amide bonds. The molecule has 0 atom stereocenters. The van der Waals surface area contributed by atoms with Gasteiger partial charge < -0.3 is 15.4 Å². The number of ether oxygens (including phenoxy) is 1. The summed E-state index contributed by atoms with van der Waals surface area (Å²) >= 11 is 0. The Morgan fingerprint density at radius 3 is 2.33 bits per heavy atom. The Morgan fingerprint density at radius 2 is 1.67 bits per heavy atom. The minimum atomic E-state index is -0.470. The second kappa shape index (κ2) is 10.7. The van der Waals surface area contributed by atoms with Crippen LogP contribution < -0.4 is 10.6 Å². The second-order valence-electron chi connectivity index (χ2n) is 6.82. The van der Waals surface area contributed by atoms with Gasteiger partial charge in [0.2, 0.25) is 5.91 Å². The molecule has 0 aromatic heterocycles. The van der Waals surface area contributed by atoms with E-state index in [2.05, 4.69) is 22.8 Å². The lowest BCUT2D eigenvalue weighted by molar-refractivity contribution is -0.121. The van der Waals surface area contributed by atoms with E-state index in [0.717, 1.165) is 25.7 Å². The van der Waals surface area contributed by atoms with Crippen molar-refractivity contribution in [2.75, 3.05) is 13.1 Å². The first-order chi connectivity index (χ1) is 11.4. The van der Waals surface area contributed by atoms with Gasteiger partial charge in [-0.1, -0.05) is 36.8 Å². The van der Waals surface area contributed by atoms with Gasteiger partial charge in [-0.25, -0.2) is 4.79 Å². The van der Waals surface area contributed by atoms with E-state index >= 15 is 0 Å². The Hall–Kier alpha value is -2.04. The van der Waals surface area contributed by atoms with Crippen molar-refractivity contribution in [3.63, 3.8) is 0 Å². The van der Waals surface area contributed by atoms with Gasteiger partial charge in [0.25, 0.3) is 0 Å². The zero-order valence-electron chi connectivity index (χ0n) is 15.1. The maximum absolute atomic E-state index is 11.7. The van der Waals surface area contributed by atoms with E-state index in [1.54, 1.807) is 0 Å². The van der Waals surface area contributed by atoms with Crippen LogP contribution in [0.4, 0.5) is 4.79 Å². The van der Waals surface area contributed by atoms with Crippen molar-refractivity contribution in [2.45, 2.75) is 58.5 Å². The van der Waals surface area contributed by atoms with Crippen LogP contribution in [-0.4, -0.2) is 30.7 Å². The number of rotatable bonds is 9. The van der Waals surface area contributed by atoms with Crippen molar-refractivity contribution in [2.24, 2.45) is 0 Å². The van der Waals surface area contributed by atoms with Crippen molar-refractivity contribution >= 4 is 12.0 Å². The average molecular weight is 334 g/mol. The molecule has 0 heterocycles. The highest BCUT2D eigenvalue weighted by atomic mass is 16.6. The molecule has 0 aliphatic rings. The molecular formula is C19H30N2O3. The van der Waals surface area contributed by atoms with E-state index in [4.69, 9.17) is 4.74 Å². The fourth-order valence-corrected chi connectivity index (χ4v) is 2.17. The molecule has 0 spiro atoms. The van der Waals surface area contributed by atoms with Crippen LogP contribution in [0.5, 0.6) is 0 Å². The molecule has 0 saturated heterocycles. The summed E-state index contributed by atoms with van der Waals surface area (Å²) in [6, 6.07) is 10.1. The normalized spacial score (nSPS) is 11.0. The van der Waals surface area contributed by atoms with Crippen LogP contribution in [0.25, 0.3) is 0 Å². The number of hydrogen-bond donors (Lipinski definition) is 2. The largest absolute Gasteiger partial charge is 0.444 e. The monoisotopic (exact) mass is 334 g/mol. The molecule has 0 aliphatic carbocycles. The zero-order valence-corrected chi connectivity index (χ0v) is 15.1. The second-order valence-corrected chi connectivity index (χ2v) is 6.82. The zero-order chi connectivity index (χ0) is 17.8. The SMILES string of the molecule is CC(C)(C)OC(=O)NCCCCCC(=O)NCCc1ccccc1. The quantitative estimate of drug-likeness (QED) is 0.680. The number of amides is 2. The molecule has 0 radical (unpaired) electrons. The lowest BCUT2D eigenvalue weighted by Gasteiger charge is -2.19. The number of unbranched alkanes of at least 4 members (excludes halogenated alkanes) is 2. The lowest BCUT2D eigenvalue weighted by Crippen LogP contribution is -2.33. The summed E-state index contributed by atoms with van der Waals surface area (Å²) < 4.78 is 5.15. The van der Waals surface area contributed by atoms with Crippen molar-refractivity contribution in [1.29, 1.82) is 0 Å². The Bertz CT molecular complexity index is 495. The minimum Gasteiger partial charge on any atom is -0.444 e. The molecule has 5 heteroatoms. The Labute approximate surface area is 145 Å². The van der Waals surface area contributed by atoms with Crippen LogP contribution in [0.3, 0.4) is 0 Å². The third kappa shape index (κ3) is 10.6. The summed E-state index contributed by atoms with van der Waals surface area (Å²) in [6.07, 6.45) is 3.57. The van der Waals surface area contributed by atoms with Crippen molar-refractivity contribution in [3.05, 3.63) is 35.9 Å². The topological polar surface area (TPSA) is 67.4 Å². The van der Waals surface area contributed by atoms with E-state index in [0.29, 0.717) is 19.5 Å². The number of alkyl carbamates (subject to hydrolysis) is 1. The fraction of sp³-hybridized carbons (Fsp3) is 0.579. The highest BCUT2D eigenvalue weighted by Gasteiger charge is 2.15. The first-order valence-electron chi connectivity index (χ1n) is 8.64. The van der Waals surface area contributed by atoms with E-state index in [1.807, 2.05) is 39.0 Å². The molecule has 1 aromatic carbocycles. The van der Waals surface area contributed by atoms with E-state index in [1.165, 1.54) is 5.56 Å². The summed E-state index contributed by atoms with van der Waals surface area (Å²) in [4.78, 5) is 23.2. The van der Waals surface area contributed by atoms with Gasteiger partial charge in [0.05, 0.1) is 0 Å². The van der Waals surface area contributed by atoms with Crippen molar-refractivity contribution < 1.29 is 14.3 Å². The van der Waals surface area contributed by atoms with E-state index in [9.17, 15) is 9.59 Å². The molecule has 0 fully saturated rings. The summed E-state index contributed by atoms with van der Waals surface area (Å²) in [5.74, 6) is 0.0889. The van der Waals surface area contributed by atoms with Gasteiger partial charge in [-0.05, 0) is 45.6 Å². The maximum atomic E-state index is 11.7. The summed E-state index contributed by atoms with van der Waals surface area (Å²) in [5, 5.41) is 5.66. The number of benzene rings is 1. The Morgan fingerprint density at radius 1 is 0.958 bits per heavy atom. The highest BCUT2D eigenvalue weighted by Crippen LogP contribution is 2.06. The van der Waals surface area contributed by atoms with Crippen LogP contribution in [0, 0.1) is 0 Å². The van der Waals surface area contributed by atoms with Gasteiger partial charge in [0.1, 0.15) is 5.60 Å². The van der Waals surface area contributed by atoms with Crippen LogP contribution in [0.15, 0.2) is 30.3 Å². The molecule has 2 N–H and O–H groups in total. The van der Waals surface area contributed by atoms with Gasteiger partial charge in [-0.15, -0.1) is 0 Å². The lowest BCUT2D eigenvalue weighted by atomic mass is 10.1. The first-order valence-corrected chi connectivity index (χ1v) is 8.64. The summed E-state index contributed by atoms with van der Waals surface area (Å²) in [7, 11) is 0. The molecule has 24 heavy (non-hydrogen) atoms. The predicted molar refractivity (Wildman–Crippen MR) is 95.9 cm³/mol. The Balaban J connectivity index is 1.97. The average Bonchev–Trinajstić information content (AvgIpc) is 2.50. The molecule has 134 valence electrons. The van der Waals surface area contributed by atoms with Gasteiger partial charge in [-0.2, -0.15) is 0 Å². The first kappa shape index (κ1) is 20.0. The smallest absolute Gasteiger partial charge is 0.407 e. The molecule has 0 bridgehead atoms. The third-order valence-corrected chi connectivity index (χ3v) is 3.33. The summed E-state index contributed by atoms with van der Waals surface area (Å²) in [5.41, 5.74) is 0.757. The van der Waals surface area contributed by atoms with E-state index in [-0.39, 0.29) is 12.0 Å². The van der Waals surface area contributed by atoms with Gasteiger partial charge in [-0.3, -0.25) is 4.79 Å². The number of nitrogens with one attached hydrogen (secondary N) is 2. The molecule has 5 nitrogen and oxygen atoms in total. The highest BCUT2D eigenvalue weighted by molar-refractivity contribution is 5.75. The summed E-state index contributed by atoms with van der Waals surface area (Å²) in [6.45, 7) is 6.75. The maximum Gasteiger partial charge on any atom is 0.407 e. The molecule has 1 aromatic rings. The van der Waals surface area contributed by atoms with Crippen molar-refractivity contribution in [1.82, 2.24) is 10.6 Å². The van der Waals surface area contributed by atoms with Gasteiger partial charge in [0, 0.05) is 19.5 Å². The minimum absolute atomic E-state index is 0.0889. The number of carbonyl (C=O) groups is 2. The van der Waals surface area contributed by atoms with Gasteiger partial charge in [0.15, 0.2) is 0 Å². The molecule has 0 saturated carbocycles. The predicted octanol–water partition coefficient (Wildman–Crippen LogP) is 3.43. The fourth-order valence-electron chi connectivity index (χ4n) is 2.17. The number of carbonyl (C=O) groups excluding carboxylic acids is 2. The van der Waals surface area contributed by atoms with E-state index < -0.39 is 5.60 Å². The molecule has 0 unspecified atom stereocenters. The third-order valence-electron chi connectivity index (χ3n) is 3.33. The van der Waals surface area contributed by atoms with Crippen LogP contribution in [0.2, 0.25) is 0 Å². The van der Waals surface area contributed by atoms with Crippen LogP contribution >= 0.6 is 0 Å². The van der Waals surface area contributed by atoms with Crippen molar-refractivity contribution in [3.8, 4) is 0 Å². The molecule has 1 rings (SSSR count). The molecule has 0 aliphatic heterocycles.